The lowest BCUT2D eigenvalue weighted by molar-refractivity contribution is -0.149. The maximum absolute atomic E-state index is 14.0. The van der Waals surface area contributed by atoms with Gasteiger partial charge in [-0.15, -0.1) is 0 Å². The first-order chi connectivity index (χ1) is 20.1. The van der Waals surface area contributed by atoms with E-state index >= 15 is 0 Å². The van der Waals surface area contributed by atoms with Crippen LogP contribution in [-0.4, -0.2) is 26.1 Å². The molecule has 1 heterocycles. The van der Waals surface area contributed by atoms with E-state index in [9.17, 15) is 18.3 Å². The molecule has 2 unspecified atom stereocenters. The summed E-state index contributed by atoms with van der Waals surface area (Å²) in [6, 6.07) is 23.3. The highest BCUT2D eigenvalue weighted by atomic mass is 32.2. The van der Waals surface area contributed by atoms with Crippen molar-refractivity contribution in [2.75, 3.05) is 6.61 Å². The van der Waals surface area contributed by atoms with E-state index in [0.29, 0.717) is 38.0 Å². The van der Waals surface area contributed by atoms with Crippen LogP contribution >= 0.6 is 0 Å². The predicted octanol–water partition coefficient (Wildman–Crippen LogP) is 8.13. The van der Waals surface area contributed by atoms with Gasteiger partial charge in [0.15, 0.2) is 9.84 Å². The van der Waals surface area contributed by atoms with E-state index in [1.54, 1.807) is 0 Å². The average molecular weight is 589 g/mol. The number of rotatable bonds is 8. The third kappa shape index (κ3) is 6.29. The SMILES string of the molecule is CCC1(COC(=O)CCc2cc(C)c(O)c(C)c2)CCC2(CC1)CC(c1ccccc1)S(=O)(=O)C(c1ccccc1)C2. The van der Waals surface area contributed by atoms with E-state index in [2.05, 4.69) is 6.92 Å². The van der Waals surface area contributed by atoms with Gasteiger partial charge in [-0.1, -0.05) is 79.7 Å². The lowest BCUT2D eigenvalue weighted by Gasteiger charge is -2.51. The van der Waals surface area contributed by atoms with Crippen molar-refractivity contribution < 1.29 is 23.1 Å². The second kappa shape index (κ2) is 12.2. The molecule has 2 atom stereocenters. The number of hydrogen-bond donors (Lipinski definition) is 1. The van der Waals surface area contributed by atoms with Gasteiger partial charge in [-0.05, 0) is 98.4 Å². The van der Waals surface area contributed by atoms with E-state index in [1.165, 1.54) is 0 Å². The summed E-state index contributed by atoms with van der Waals surface area (Å²) in [4.78, 5) is 12.8. The summed E-state index contributed by atoms with van der Waals surface area (Å²) in [5.41, 5.74) is 4.29. The average Bonchev–Trinajstić information content (AvgIpc) is 3.00. The van der Waals surface area contributed by atoms with E-state index < -0.39 is 20.3 Å². The molecule has 1 N–H and O–H groups in total. The van der Waals surface area contributed by atoms with Gasteiger partial charge in [-0.2, -0.15) is 0 Å². The van der Waals surface area contributed by atoms with Crippen LogP contribution in [0.2, 0.25) is 0 Å². The van der Waals surface area contributed by atoms with Crippen LogP contribution < -0.4 is 0 Å². The van der Waals surface area contributed by atoms with Gasteiger partial charge >= 0.3 is 5.97 Å². The lowest BCUT2D eigenvalue weighted by Crippen LogP contribution is -2.43. The van der Waals surface area contributed by atoms with Gasteiger partial charge in [-0.3, -0.25) is 4.79 Å². The van der Waals surface area contributed by atoms with Crippen molar-refractivity contribution in [1.29, 1.82) is 0 Å². The first-order valence-electron chi connectivity index (χ1n) is 15.3. The van der Waals surface area contributed by atoms with Crippen molar-refractivity contribution in [3.8, 4) is 5.75 Å². The summed E-state index contributed by atoms with van der Waals surface area (Å²) in [6.07, 6.45) is 6.84. The fourth-order valence-electron chi connectivity index (χ4n) is 7.31. The number of esters is 1. The zero-order valence-corrected chi connectivity index (χ0v) is 26.0. The van der Waals surface area contributed by atoms with Gasteiger partial charge in [0.05, 0.1) is 17.1 Å². The molecule has 1 aliphatic carbocycles. The topological polar surface area (TPSA) is 80.7 Å². The largest absolute Gasteiger partial charge is 0.507 e. The molecule has 1 spiro atoms. The minimum atomic E-state index is -3.42. The fraction of sp³-hybridized carbons (Fsp3) is 0.472. The molecule has 0 amide bonds. The van der Waals surface area contributed by atoms with E-state index in [-0.39, 0.29) is 16.8 Å². The molecule has 5 rings (SSSR count). The zero-order chi connectivity index (χ0) is 30.0. The van der Waals surface area contributed by atoms with Crippen LogP contribution in [0, 0.1) is 24.7 Å². The summed E-state index contributed by atoms with van der Waals surface area (Å²) in [5, 5.41) is 9.00. The molecule has 6 heteroatoms. The molecule has 0 radical (unpaired) electrons. The molecule has 1 saturated heterocycles. The number of aromatic hydroxyl groups is 1. The lowest BCUT2D eigenvalue weighted by atomic mass is 9.59. The van der Waals surface area contributed by atoms with Crippen LogP contribution in [0.5, 0.6) is 5.75 Å². The van der Waals surface area contributed by atoms with Crippen molar-refractivity contribution >= 4 is 15.8 Å². The molecule has 2 aliphatic rings. The number of sulfone groups is 1. The van der Waals surface area contributed by atoms with Crippen LogP contribution in [0.1, 0.15) is 96.6 Å². The van der Waals surface area contributed by atoms with Gasteiger partial charge in [0.2, 0.25) is 0 Å². The number of carbonyl (C=O) groups is 1. The first-order valence-corrected chi connectivity index (χ1v) is 16.9. The van der Waals surface area contributed by atoms with Crippen LogP contribution in [0.25, 0.3) is 0 Å². The quantitative estimate of drug-likeness (QED) is 0.269. The molecule has 1 aliphatic heterocycles. The van der Waals surface area contributed by atoms with Crippen LogP contribution in [0.4, 0.5) is 0 Å². The monoisotopic (exact) mass is 588 g/mol. The Hall–Kier alpha value is -3.12. The second-order valence-electron chi connectivity index (χ2n) is 12.9. The second-order valence-corrected chi connectivity index (χ2v) is 15.2. The molecular formula is C36H44O5S. The number of ether oxygens (including phenoxy) is 1. The highest BCUT2D eigenvalue weighted by molar-refractivity contribution is 7.92. The zero-order valence-electron chi connectivity index (χ0n) is 25.1. The van der Waals surface area contributed by atoms with Crippen LogP contribution in [0.15, 0.2) is 72.8 Å². The van der Waals surface area contributed by atoms with Gasteiger partial charge in [0.25, 0.3) is 0 Å². The van der Waals surface area contributed by atoms with E-state index in [1.807, 2.05) is 86.6 Å². The van der Waals surface area contributed by atoms with Crippen molar-refractivity contribution in [3.63, 3.8) is 0 Å². The maximum Gasteiger partial charge on any atom is 0.306 e. The summed E-state index contributed by atoms with van der Waals surface area (Å²) < 4.78 is 34.0. The molecule has 0 bridgehead atoms. The minimum absolute atomic E-state index is 0.0659. The van der Waals surface area contributed by atoms with Crippen LogP contribution in [-0.2, 0) is 25.8 Å². The smallest absolute Gasteiger partial charge is 0.306 e. The number of phenols is 1. The highest BCUT2D eigenvalue weighted by Crippen LogP contribution is 2.60. The first kappa shape index (κ1) is 30.3. The molecule has 0 aromatic heterocycles. The predicted molar refractivity (Wildman–Crippen MR) is 167 cm³/mol. The standard InChI is InChI=1S/C36H44O5S/c1-4-35(25-41-33(37)16-15-28-21-26(2)34(38)27(3)22-28)17-19-36(20-18-35)23-31(29-11-7-5-8-12-29)42(39,40)32(24-36)30-13-9-6-10-14-30/h5-14,21-22,31-32,38H,4,15-20,23-25H2,1-3H3. The summed E-state index contributed by atoms with van der Waals surface area (Å²) in [6.45, 7) is 6.33. The Bertz CT molecular complexity index is 1410. The number of aryl methyl sites for hydroxylation is 3. The molecular weight excluding hydrogens is 544 g/mol. The van der Waals surface area contributed by atoms with Crippen LogP contribution in [0.3, 0.4) is 0 Å². The molecule has 5 nitrogen and oxygen atoms in total. The normalized spacial score (nSPS) is 27.0. The Morgan fingerprint density at radius 1 is 0.857 bits per heavy atom. The summed E-state index contributed by atoms with van der Waals surface area (Å²) in [7, 11) is -3.42. The molecule has 42 heavy (non-hydrogen) atoms. The Balaban J connectivity index is 1.28. The number of carbonyl (C=O) groups excluding carboxylic acids is 1. The summed E-state index contributed by atoms with van der Waals surface area (Å²) in [5.74, 6) is 0.116. The van der Waals surface area contributed by atoms with Gasteiger partial charge in [0.1, 0.15) is 5.75 Å². The van der Waals surface area contributed by atoms with E-state index in [4.69, 9.17) is 4.74 Å². The fourth-order valence-corrected chi connectivity index (χ4v) is 9.95. The third-order valence-corrected chi connectivity index (χ3v) is 12.7. The van der Waals surface area contributed by atoms with Crippen molar-refractivity contribution in [1.82, 2.24) is 0 Å². The maximum atomic E-state index is 14.0. The Labute approximate surface area is 251 Å². The number of phenolic OH excluding ortho intramolecular Hbond substituents is 1. The Morgan fingerprint density at radius 2 is 1.36 bits per heavy atom. The van der Waals surface area contributed by atoms with Crippen molar-refractivity contribution in [2.45, 2.75) is 89.1 Å². The van der Waals surface area contributed by atoms with Gasteiger partial charge in [0, 0.05) is 11.8 Å². The van der Waals surface area contributed by atoms with E-state index in [0.717, 1.165) is 59.9 Å². The molecule has 2 fully saturated rings. The molecule has 3 aromatic carbocycles. The highest BCUT2D eigenvalue weighted by Gasteiger charge is 2.53. The van der Waals surface area contributed by atoms with Crippen molar-refractivity contribution in [3.05, 3.63) is 101 Å². The minimum Gasteiger partial charge on any atom is -0.507 e. The Kier molecular flexibility index (Phi) is 8.84. The van der Waals surface area contributed by atoms with Gasteiger partial charge in [-0.25, -0.2) is 8.42 Å². The van der Waals surface area contributed by atoms with Crippen molar-refractivity contribution in [2.24, 2.45) is 10.8 Å². The molecule has 3 aromatic rings. The number of hydrogen-bond acceptors (Lipinski definition) is 5. The third-order valence-electron chi connectivity index (χ3n) is 10.2. The van der Waals surface area contributed by atoms with Gasteiger partial charge < -0.3 is 9.84 Å². The Morgan fingerprint density at radius 3 is 1.83 bits per heavy atom. The summed E-state index contributed by atoms with van der Waals surface area (Å²) >= 11 is 0. The molecule has 1 saturated carbocycles. The molecule has 224 valence electrons. The number of benzene rings is 3.